The Kier molecular flexibility index (Phi) is 4.64. The van der Waals surface area contributed by atoms with Crippen molar-refractivity contribution < 1.29 is 4.79 Å². The van der Waals surface area contributed by atoms with Crippen molar-refractivity contribution in [2.45, 2.75) is 25.9 Å². The van der Waals surface area contributed by atoms with E-state index in [0.29, 0.717) is 12.2 Å². The lowest BCUT2D eigenvalue weighted by atomic mass is 9.95. The topological polar surface area (TPSA) is 61.9 Å². The van der Waals surface area contributed by atoms with Crippen LogP contribution in [0, 0.1) is 0 Å². The molecule has 1 aliphatic heterocycles. The van der Waals surface area contributed by atoms with Crippen LogP contribution in [0.3, 0.4) is 0 Å². The smallest absolute Gasteiger partial charge is 0.273 e. The Morgan fingerprint density at radius 2 is 1.67 bits per heavy atom. The van der Waals surface area contributed by atoms with Crippen LogP contribution < -0.4 is 0 Å². The number of aromatic nitrogens is 3. The first-order valence-corrected chi connectivity index (χ1v) is 10.2. The van der Waals surface area contributed by atoms with E-state index >= 15 is 0 Å². The molecule has 5 nitrogen and oxygen atoms in total. The summed E-state index contributed by atoms with van der Waals surface area (Å²) in [7, 11) is 0. The molecule has 0 saturated heterocycles. The Morgan fingerprint density at radius 1 is 0.933 bits per heavy atom. The fraction of sp³-hybridized carbons (Fsp3) is 0.160. The Bertz CT molecular complexity index is 1170. The number of pyridine rings is 1. The van der Waals surface area contributed by atoms with E-state index in [0.717, 1.165) is 34.4 Å². The number of nitrogens with zero attached hydrogens (tertiary/aromatic N) is 3. The van der Waals surface area contributed by atoms with Gasteiger partial charge in [0.05, 0.1) is 11.7 Å². The van der Waals surface area contributed by atoms with Crippen LogP contribution >= 0.6 is 0 Å². The molecular formula is C25H22N4O. The van der Waals surface area contributed by atoms with Crippen LogP contribution in [-0.4, -0.2) is 26.0 Å². The highest BCUT2D eigenvalue weighted by Gasteiger charge is 2.42. The molecule has 0 spiro atoms. The van der Waals surface area contributed by atoms with Crippen LogP contribution in [0.2, 0.25) is 0 Å². The summed E-state index contributed by atoms with van der Waals surface area (Å²) in [6.07, 6.45) is 4.51. The minimum atomic E-state index is -0.194. The molecule has 30 heavy (non-hydrogen) atoms. The zero-order valence-corrected chi connectivity index (χ0v) is 16.7. The molecule has 0 fully saturated rings. The highest BCUT2D eigenvalue weighted by molar-refractivity contribution is 6.00. The van der Waals surface area contributed by atoms with Crippen LogP contribution in [0.25, 0.3) is 11.3 Å². The number of amides is 1. The number of hydrogen-bond acceptors (Lipinski definition) is 3. The second-order valence-electron chi connectivity index (χ2n) is 7.51. The Balaban J connectivity index is 1.64. The number of aromatic amines is 1. The van der Waals surface area contributed by atoms with Crippen molar-refractivity contribution in [3.05, 3.63) is 107 Å². The molecule has 0 aliphatic carbocycles. The summed E-state index contributed by atoms with van der Waals surface area (Å²) in [5.74, 6) is -0.0268. The molecule has 2 aromatic heterocycles. The van der Waals surface area contributed by atoms with Gasteiger partial charge in [-0.15, -0.1) is 0 Å². The first-order chi connectivity index (χ1) is 14.8. The second kappa shape index (κ2) is 7.59. The van der Waals surface area contributed by atoms with E-state index in [1.807, 2.05) is 47.4 Å². The average molecular weight is 394 g/mol. The van der Waals surface area contributed by atoms with Gasteiger partial charge >= 0.3 is 0 Å². The number of aryl methyl sites for hydroxylation is 1. The summed E-state index contributed by atoms with van der Waals surface area (Å²) >= 11 is 0. The molecule has 1 N–H and O–H groups in total. The summed E-state index contributed by atoms with van der Waals surface area (Å²) in [4.78, 5) is 19.4. The van der Waals surface area contributed by atoms with Crippen LogP contribution in [-0.2, 0) is 13.0 Å². The summed E-state index contributed by atoms with van der Waals surface area (Å²) in [5.41, 5.74) is 6.78. The molecule has 1 unspecified atom stereocenters. The van der Waals surface area contributed by atoms with Crippen LogP contribution in [0.5, 0.6) is 0 Å². The van der Waals surface area contributed by atoms with Gasteiger partial charge in [-0.05, 0) is 35.2 Å². The number of carbonyl (C=O) groups is 1. The Morgan fingerprint density at radius 3 is 2.37 bits per heavy atom. The minimum Gasteiger partial charge on any atom is -0.322 e. The van der Waals surface area contributed by atoms with Crippen molar-refractivity contribution in [2.24, 2.45) is 0 Å². The molecule has 0 radical (unpaired) electrons. The van der Waals surface area contributed by atoms with E-state index in [1.165, 1.54) is 5.56 Å². The molecule has 0 bridgehead atoms. The lowest BCUT2D eigenvalue weighted by Crippen LogP contribution is -2.29. The van der Waals surface area contributed by atoms with Gasteiger partial charge in [0.25, 0.3) is 5.91 Å². The fourth-order valence-corrected chi connectivity index (χ4v) is 4.14. The quantitative estimate of drug-likeness (QED) is 0.530. The zero-order valence-electron chi connectivity index (χ0n) is 16.7. The van der Waals surface area contributed by atoms with Crippen molar-refractivity contribution in [2.75, 3.05) is 0 Å². The lowest BCUT2D eigenvalue weighted by molar-refractivity contribution is 0.0730. The molecule has 5 heteroatoms. The largest absolute Gasteiger partial charge is 0.322 e. The van der Waals surface area contributed by atoms with Crippen molar-refractivity contribution in [3.63, 3.8) is 0 Å². The average Bonchev–Trinajstić information content (AvgIpc) is 3.35. The highest BCUT2D eigenvalue weighted by Crippen LogP contribution is 2.43. The number of carbonyl (C=O) groups excluding carboxylic acids is 1. The number of nitrogens with one attached hydrogen (secondary N) is 1. The highest BCUT2D eigenvalue weighted by atomic mass is 16.2. The van der Waals surface area contributed by atoms with Gasteiger partial charge in [0.2, 0.25) is 0 Å². The van der Waals surface area contributed by atoms with Crippen molar-refractivity contribution >= 4 is 5.91 Å². The summed E-state index contributed by atoms with van der Waals surface area (Å²) < 4.78 is 0. The molecule has 2 aromatic carbocycles. The number of fused-ring (bicyclic) bond motifs is 1. The standard InChI is InChI=1S/C25H22N4O/c1-2-17-8-10-20(11-9-17)24-21-22(19-6-4-3-5-7-19)27-28-23(21)25(30)29(24)16-18-12-14-26-15-13-18/h3-15,24H,2,16H2,1H3,(H,27,28). The molecule has 1 atom stereocenters. The number of rotatable bonds is 5. The fourth-order valence-electron chi connectivity index (χ4n) is 4.14. The van der Waals surface area contributed by atoms with E-state index in [2.05, 4.69) is 46.4 Å². The maximum absolute atomic E-state index is 13.4. The number of benzene rings is 2. The third kappa shape index (κ3) is 3.08. The third-order valence-electron chi connectivity index (χ3n) is 5.72. The molecule has 148 valence electrons. The molecule has 3 heterocycles. The predicted octanol–water partition coefficient (Wildman–Crippen LogP) is 4.78. The molecule has 5 rings (SSSR count). The van der Waals surface area contributed by atoms with Gasteiger partial charge in [0, 0.05) is 30.1 Å². The summed E-state index contributed by atoms with van der Waals surface area (Å²) in [5, 5.41) is 7.55. The number of hydrogen-bond donors (Lipinski definition) is 1. The first-order valence-electron chi connectivity index (χ1n) is 10.2. The Hall–Kier alpha value is -3.73. The zero-order chi connectivity index (χ0) is 20.5. The van der Waals surface area contributed by atoms with Gasteiger partial charge in [-0.25, -0.2) is 0 Å². The van der Waals surface area contributed by atoms with E-state index in [-0.39, 0.29) is 11.9 Å². The molecule has 1 amide bonds. The third-order valence-corrected chi connectivity index (χ3v) is 5.72. The van der Waals surface area contributed by atoms with E-state index in [1.54, 1.807) is 12.4 Å². The van der Waals surface area contributed by atoms with Crippen molar-refractivity contribution in [1.29, 1.82) is 0 Å². The maximum atomic E-state index is 13.4. The van der Waals surface area contributed by atoms with Crippen molar-refractivity contribution in [3.8, 4) is 11.3 Å². The van der Waals surface area contributed by atoms with Gasteiger partial charge in [0.1, 0.15) is 5.69 Å². The van der Waals surface area contributed by atoms with Gasteiger partial charge < -0.3 is 4.90 Å². The molecular weight excluding hydrogens is 372 g/mol. The molecule has 0 saturated carbocycles. The van der Waals surface area contributed by atoms with E-state index < -0.39 is 0 Å². The minimum absolute atomic E-state index is 0.0268. The van der Waals surface area contributed by atoms with Crippen LogP contribution in [0.15, 0.2) is 79.1 Å². The summed E-state index contributed by atoms with van der Waals surface area (Å²) in [6, 6.07) is 22.3. The maximum Gasteiger partial charge on any atom is 0.273 e. The lowest BCUT2D eigenvalue weighted by Gasteiger charge is -2.26. The van der Waals surface area contributed by atoms with E-state index in [9.17, 15) is 4.79 Å². The normalized spacial score (nSPS) is 15.4. The van der Waals surface area contributed by atoms with Crippen LogP contribution in [0.1, 0.15) is 45.7 Å². The SMILES string of the molecule is CCc1ccc(C2c3c(-c4ccccc4)n[nH]c3C(=O)N2Cc2ccncc2)cc1. The molecule has 4 aromatic rings. The first kappa shape index (κ1) is 18.3. The van der Waals surface area contributed by atoms with Crippen LogP contribution in [0.4, 0.5) is 0 Å². The number of H-pyrrole nitrogens is 1. The second-order valence-corrected chi connectivity index (χ2v) is 7.51. The van der Waals surface area contributed by atoms with Crippen molar-refractivity contribution in [1.82, 2.24) is 20.1 Å². The Labute approximate surface area is 175 Å². The van der Waals surface area contributed by atoms with Gasteiger partial charge in [-0.3, -0.25) is 14.9 Å². The van der Waals surface area contributed by atoms with Gasteiger partial charge in [-0.1, -0.05) is 61.5 Å². The summed E-state index contributed by atoms with van der Waals surface area (Å²) in [6.45, 7) is 2.66. The predicted molar refractivity (Wildman–Crippen MR) is 116 cm³/mol. The van der Waals surface area contributed by atoms with Gasteiger partial charge in [0.15, 0.2) is 0 Å². The monoisotopic (exact) mass is 394 g/mol. The molecule has 1 aliphatic rings. The van der Waals surface area contributed by atoms with Gasteiger partial charge in [-0.2, -0.15) is 5.10 Å². The van der Waals surface area contributed by atoms with E-state index in [4.69, 9.17) is 0 Å².